The molecule has 3 N–H and O–H groups in total. The third-order valence-electron chi connectivity index (χ3n) is 11.0. The van der Waals surface area contributed by atoms with Crippen molar-refractivity contribution in [3.63, 3.8) is 0 Å². The minimum absolute atomic E-state index is 0.0421. The van der Waals surface area contributed by atoms with Crippen LogP contribution in [0.4, 0.5) is 23.8 Å². The third kappa shape index (κ3) is 4.62. The number of H-pyrrole nitrogens is 1. The van der Waals surface area contributed by atoms with Crippen LogP contribution < -0.4 is 20.3 Å². The first-order valence-electron chi connectivity index (χ1n) is 17.0. The van der Waals surface area contributed by atoms with Crippen molar-refractivity contribution in [1.82, 2.24) is 40.7 Å². The average molecular weight is 686 g/mol. The molecule has 258 valence electrons. The van der Waals surface area contributed by atoms with Gasteiger partial charge >= 0.3 is 12.0 Å². The molecular formula is C35H34F3N9O3. The Morgan fingerprint density at radius 2 is 1.94 bits per heavy atom. The Labute approximate surface area is 283 Å². The van der Waals surface area contributed by atoms with E-state index in [1.54, 1.807) is 12.3 Å². The van der Waals surface area contributed by atoms with Gasteiger partial charge in [-0.05, 0) is 67.1 Å². The van der Waals surface area contributed by atoms with E-state index in [1.165, 1.54) is 12.3 Å². The molecule has 4 aliphatic heterocycles. The first kappa shape index (κ1) is 31.0. The molecule has 4 fully saturated rings. The molecule has 2 aromatic carbocycles. The van der Waals surface area contributed by atoms with Gasteiger partial charge in [0.05, 0.1) is 29.2 Å². The summed E-state index contributed by atoms with van der Waals surface area (Å²) in [6.07, 6.45) is 5.42. The van der Waals surface area contributed by atoms with Crippen molar-refractivity contribution < 1.29 is 27.5 Å². The highest BCUT2D eigenvalue weighted by atomic mass is 19.1. The smallest absolute Gasteiger partial charge is 0.322 e. The minimum Gasteiger partial charge on any atom is -0.461 e. The number of imide groups is 1. The zero-order valence-electron chi connectivity index (χ0n) is 27.3. The number of piperidine rings is 1. The number of aromatic amines is 1. The maximum atomic E-state index is 17.3. The number of anilines is 1. The van der Waals surface area contributed by atoms with Crippen LogP contribution in [-0.2, 0) is 11.2 Å². The zero-order valence-corrected chi connectivity index (χ0v) is 27.3. The molecule has 50 heavy (non-hydrogen) atoms. The van der Waals surface area contributed by atoms with E-state index in [1.807, 2.05) is 17.9 Å². The van der Waals surface area contributed by atoms with Crippen molar-refractivity contribution in [2.24, 2.45) is 0 Å². The molecule has 4 saturated heterocycles. The van der Waals surface area contributed by atoms with Gasteiger partial charge in [-0.25, -0.2) is 18.0 Å². The van der Waals surface area contributed by atoms with Gasteiger partial charge in [0.1, 0.15) is 41.2 Å². The highest BCUT2D eigenvalue weighted by Gasteiger charge is 2.50. The molecule has 7 heterocycles. The number of ether oxygens (including phenoxy) is 1. The maximum Gasteiger partial charge on any atom is 0.322 e. The Morgan fingerprint density at radius 1 is 1.08 bits per heavy atom. The Kier molecular flexibility index (Phi) is 6.96. The molecule has 0 unspecified atom stereocenters. The second-order valence-corrected chi connectivity index (χ2v) is 14.0. The number of carbonyl (C=O) groups is 2. The summed E-state index contributed by atoms with van der Waals surface area (Å²) in [5.41, 5.74) is -0.363. The largest absolute Gasteiger partial charge is 0.461 e. The highest BCUT2D eigenvalue weighted by Crippen LogP contribution is 2.43. The summed E-state index contributed by atoms with van der Waals surface area (Å²) in [4.78, 5) is 43.1. The maximum absolute atomic E-state index is 17.3. The lowest BCUT2D eigenvalue weighted by Crippen LogP contribution is -2.58. The summed E-state index contributed by atoms with van der Waals surface area (Å²) >= 11 is 0. The number of aromatic nitrogens is 5. The van der Waals surface area contributed by atoms with Crippen molar-refractivity contribution in [3.8, 4) is 17.3 Å². The number of urea groups is 1. The number of halogens is 3. The molecule has 0 bridgehead atoms. The zero-order chi connectivity index (χ0) is 34.4. The number of alkyl halides is 1. The number of nitrogens with zero attached hydrogens (tertiary/aromatic N) is 6. The van der Waals surface area contributed by atoms with Crippen molar-refractivity contribution in [2.75, 3.05) is 37.7 Å². The van der Waals surface area contributed by atoms with Crippen LogP contribution in [0.25, 0.3) is 43.8 Å². The Hall–Kier alpha value is -5.05. The average Bonchev–Trinajstić information content (AvgIpc) is 3.86. The number of benzene rings is 2. The predicted octanol–water partition coefficient (Wildman–Crippen LogP) is 4.70. The van der Waals surface area contributed by atoms with E-state index in [4.69, 9.17) is 9.72 Å². The summed E-state index contributed by atoms with van der Waals surface area (Å²) in [5.74, 6) is -1.31. The van der Waals surface area contributed by atoms with Crippen LogP contribution in [0.1, 0.15) is 44.6 Å². The van der Waals surface area contributed by atoms with Gasteiger partial charge < -0.3 is 15.0 Å². The Morgan fingerprint density at radius 3 is 2.76 bits per heavy atom. The SMILES string of the molecule is CCc1c(F)ccc2cc3[nH]ncc3c(-c3ncc4c(N5CCC[C@]6(C5)NC(=O)NC6=O)nc(OC[C@@]56CCCN5C[C@H](F)C6)nc4c3F)c12. The van der Waals surface area contributed by atoms with Crippen LogP contribution in [-0.4, -0.2) is 92.0 Å². The van der Waals surface area contributed by atoms with Crippen LogP contribution in [0.3, 0.4) is 0 Å². The molecule has 0 saturated carbocycles. The van der Waals surface area contributed by atoms with E-state index in [9.17, 15) is 14.0 Å². The standard InChI is InChI=1S/C35H34F3N9O3/c1-2-20-23(37)6-5-18-11-24-21(14-40-45-24)26(25(18)20)29-27(38)28-22(13-39-29)30(46-9-4-8-35(16-46)31(48)43-32(49)44-35)42-33(41-28)50-17-34-7-3-10-47(34)15-19(36)12-34/h5-6,11,13-14,19H,2-4,7-10,12,15-17H2,1H3,(H,40,45)(H2,43,44,48,49)/t19-,34+,35-/m1/s1. The summed E-state index contributed by atoms with van der Waals surface area (Å²) in [5, 5.41) is 14.3. The Balaban J connectivity index is 1.22. The number of carbonyl (C=O) groups excluding carboxylic acids is 2. The molecule has 3 aromatic heterocycles. The summed E-state index contributed by atoms with van der Waals surface area (Å²) in [6.45, 7) is 3.62. The van der Waals surface area contributed by atoms with Gasteiger partial charge in [0.2, 0.25) is 0 Å². The Bertz CT molecular complexity index is 2250. The molecule has 3 amide bonds. The number of nitrogens with one attached hydrogen (secondary N) is 3. The number of hydrogen-bond donors (Lipinski definition) is 3. The predicted molar refractivity (Wildman–Crippen MR) is 179 cm³/mol. The lowest BCUT2D eigenvalue weighted by molar-refractivity contribution is -0.124. The fraction of sp³-hybridized carbons (Fsp3) is 0.429. The molecule has 0 aliphatic carbocycles. The van der Waals surface area contributed by atoms with Crippen LogP contribution in [0.15, 0.2) is 30.6 Å². The van der Waals surface area contributed by atoms with Crippen molar-refractivity contribution in [3.05, 3.63) is 47.8 Å². The van der Waals surface area contributed by atoms with Gasteiger partial charge in [-0.15, -0.1) is 0 Å². The quantitative estimate of drug-likeness (QED) is 0.217. The normalized spacial score (nSPS) is 25.3. The third-order valence-corrected chi connectivity index (χ3v) is 11.0. The number of amides is 3. The molecule has 15 heteroatoms. The van der Waals surface area contributed by atoms with Crippen LogP contribution >= 0.6 is 0 Å². The topological polar surface area (TPSA) is 141 Å². The van der Waals surface area contributed by atoms with E-state index < -0.39 is 40.8 Å². The van der Waals surface area contributed by atoms with E-state index >= 15 is 8.78 Å². The number of pyridine rings is 1. The van der Waals surface area contributed by atoms with E-state index in [0.29, 0.717) is 77.4 Å². The fourth-order valence-corrected chi connectivity index (χ4v) is 8.74. The molecule has 9 rings (SSSR count). The molecule has 0 radical (unpaired) electrons. The molecule has 1 spiro atoms. The number of aryl methyl sites for hydroxylation is 1. The first-order chi connectivity index (χ1) is 24.2. The minimum atomic E-state index is -1.18. The monoisotopic (exact) mass is 685 g/mol. The van der Waals surface area contributed by atoms with E-state index in [0.717, 1.165) is 19.4 Å². The molecular weight excluding hydrogens is 651 g/mol. The molecule has 12 nitrogen and oxygen atoms in total. The number of fused-ring (bicyclic) bond motifs is 4. The van der Waals surface area contributed by atoms with Gasteiger partial charge in [0.25, 0.3) is 5.91 Å². The van der Waals surface area contributed by atoms with Crippen molar-refractivity contribution in [2.45, 2.75) is 62.7 Å². The fourth-order valence-electron chi connectivity index (χ4n) is 8.74. The van der Waals surface area contributed by atoms with Gasteiger partial charge in [-0.3, -0.25) is 25.1 Å². The first-order valence-corrected chi connectivity index (χ1v) is 17.0. The van der Waals surface area contributed by atoms with Crippen molar-refractivity contribution in [1.29, 1.82) is 0 Å². The summed E-state index contributed by atoms with van der Waals surface area (Å²) in [6, 6.07) is 4.24. The second kappa shape index (κ2) is 11.2. The highest BCUT2D eigenvalue weighted by molar-refractivity contribution is 6.13. The second-order valence-electron chi connectivity index (χ2n) is 14.0. The summed E-state index contributed by atoms with van der Waals surface area (Å²) in [7, 11) is 0. The molecule has 4 aliphatic rings. The molecule has 5 aromatic rings. The number of hydrogen-bond acceptors (Lipinski definition) is 9. The number of rotatable bonds is 6. The lowest BCUT2D eigenvalue weighted by Gasteiger charge is -2.39. The molecule has 3 atom stereocenters. The van der Waals surface area contributed by atoms with Gasteiger partial charge in [0.15, 0.2) is 5.82 Å². The van der Waals surface area contributed by atoms with Gasteiger partial charge in [0, 0.05) is 36.7 Å². The van der Waals surface area contributed by atoms with Gasteiger partial charge in [-0.2, -0.15) is 15.1 Å². The van der Waals surface area contributed by atoms with E-state index in [-0.39, 0.29) is 35.8 Å². The van der Waals surface area contributed by atoms with E-state index in [2.05, 4.69) is 35.7 Å². The van der Waals surface area contributed by atoms with Gasteiger partial charge in [-0.1, -0.05) is 13.0 Å². The van der Waals surface area contributed by atoms with Crippen LogP contribution in [0, 0.1) is 11.6 Å². The summed E-state index contributed by atoms with van der Waals surface area (Å²) < 4.78 is 53.4. The lowest BCUT2D eigenvalue weighted by atomic mass is 9.89. The van der Waals surface area contributed by atoms with Crippen molar-refractivity contribution >= 4 is 50.3 Å². The van der Waals surface area contributed by atoms with Crippen LogP contribution in [0.5, 0.6) is 6.01 Å². The van der Waals surface area contributed by atoms with Crippen LogP contribution in [0.2, 0.25) is 0 Å².